The van der Waals surface area contributed by atoms with Crippen molar-refractivity contribution < 1.29 is 17.9 Å². The molecule has 26 heavy (non-hydrogen) atoms. The number of nitrogens with one attached hydrogen (secondary N) is 1. The topological polar surface area (TPSA) is 79.0 Å². The molecule has 3 rings (SSSR count). The van der Waals surface area contributed by atoms with Gasteiger partial charge in [-0.3, -0.25) is 4.79 Å². The first kappa shape index (κ1) is 21.1. The van der Waals surface area contributed by atoms with Gasteiger partial charge in [0.2, 0.25) is 10.0 Å². The molecule has 0 spiro atoms. The second-order valence-corrected chi connectivity index (χ2v) is 8.47. The maximum Gasteiger partial charge on any atom is 0.253 e. The van der Waals surface area contributed by atoms with Gasteiger partial charge in [-0.15, -0.1) is 12.4 Å². The summed E-state index contributed by atoms with van der Waals surface area (Å²) in [7, 11) is -1.85. The normalized spacial score (nSPS) is 21.2. The molecule has 7 nitrogen and oxygen atoms in total. The van der Waals surface area contributed by atoms with Gasteiger partial charge in [0.05, 0.1) is 18.1 Å². The Hall–Kier alpha value is -1.19. The van der Waals surface area contributed by atoms with Gasteiger partial charge < -0.3 is 15.0 Å². The minimum Gasteiger partial charge on any atom is -0.379 e. The minimum atomic E-state index is -3.62. The number of carbonyl (C=O) groups is 1. The van der Waals surface area contributed by atoms with Crippen LogP contribution in [0, 0.1) is 6.92 Å². The van der Waals surface area contributed by atoms with Gasteiger partial charge in [0.1, 0.15) is 0 Å². The Morgan fingerprint density at radius 3 is 2.62 bits per heavy atom. The first-order valence-electron chi connectivity index (χ1n) is 8.57. The van der Waals surface area contributed by atoms with Crippen molar-refractivity contribution in [3.8, 4) is 0 Å². The molecule has 0 aromatic heterocycles. The van der Waals surface area contributed by atoms with Crippen molar-refractivity contribution in [2.24, 2.45) is 0 Å². The maximum absolute atomic E-state index is 12.9. The summed E-state index contributed by atoms with van der Waals surface area (Å²) in [6, 6.07) is 5.07. The van der Waals surface area contributed by atoms with E-state index in [1.807, 2.05) is 0 Å². The van der Waals surface area contributed by atoms with Crippen molar-refractivity contribution in [2.45, 2.75) is 24.3 Å². The Balaban J connectivity index is 0.00000243. The first-order valence-corrected chi connectivity index (χ1v) is 10.0. The van der Waals surface area contributed by atoms with Crippen molar-refractivity contribution in [2.75, 3.05) is 46.4 Å². The average molecular weight is 404 g/mol. The standard InChI is InChI=1S/C17H25N3O4S.ClH/c1-13-3-4-14(17(21)19(2)15-5-6-18-12-15)11-16(13)25(22,23)20-7-9-24-10-8-20;/h3-4,11,15,18H,5-10,12H2,1-2H3;1H. The Kier molecular flexibility index (Phi) is 7.04. The van der Waals surface area contributed by atoms with E-state index in [-0.39, 0.29) is 29.3 Å². The van der Waals surface area contributed by atoms with Crippen LogP contribution >= 0.6 is 12.4 Å². The molecule has 0 saturated carbocycles. The van der Waals surface area contributed by atoms with E-state index >= 15 is 0 Å². The lowest BCUT2D eigenvalue weighted by Crippen LogP contribution is -2.41. The van der Waals surface area contributed by atoms with Gasteiger partial charge in [-0.2, -0.15) is 4.31 Å². The number of aryl methyl sites for hydroxylation is 1. The Morgan fingerprint density at radius 1 is 1.31 bits per heavy atom. The molecule has 1 aromatic rings. The zero-order chi connectivity index (χ0) is 18.0. The number of halogens is 1. The van der Waals surface area contributed by atoms with E-state index in [9.17, 15) is 13.2 Å². The molecule has 2 heterocycles. The van der Waals surface area contributed by atoms with Crippen molar-refractivity contribution in [1.29, 1.82) is 0 Å². The molecule has 2 aliphatic heterocycles. The number of amides is 1. The summed E-state index contributed by atoms with van der Waals surface area (Å²) in [6.45, 7) is 4.90. The third kappa shape index (κ3) is 4.20. The van der Waals surface area contributed by atoms with Crippen molar-refractivity contribution in [1.82, 2.24) is 14.5 Å². The molecule has 9 heteroatoms. The summed E-state index contributed by atoms with van der Waals surface area (Å²) < 4.78 is 32.6. The highest BCUT2D eigenvalue weighted by Gasteiger charge is 2.30. The fourth-order valence-corrected chi connectivity index (χ4v) is 4.94. The zero-order valence-corrected chi connectivity index (χ0v) is 16.7. The van der Waals surface area contributed by atoms with Crippen LogP contribution in [0.5, 0.6) is 0 Å². The molecule has 0 radical (unpaired) electrons. The first-order chi connectivity index (χ1) is 11.9. The molecule has 0 bridgehead atoms. The van der Waals surface area contributed by atoms with Crippen LogP contribution < -0.4 is 5.32 Å². The van der Waals surface area contributed by atoms with Crippen LogP contribution in [0.4, 0.5) is 0 Å². The molecule has 2 fully saturated rings. The Labute approximate surface area is 161 Å². The lowest BCUT2D eigenvalue weighted by Gasteiger charge is -2.27. The van der Waals surface area contributed by atoms with Crippen LogP contribution in [0.3, 0.4) is 0 Å². The van der Waals surface area contributed by atoms with E-state index in [1.54, 1.807) is 31.0 Å². The minimum absolute atomic E-state index is 0. The number of likely N-dealkylation sites (N-methyl/N-ethyl adjacent to an activating group) is 1. The van der Waals surface area contributed by atoms with Crippen LogP contribution in [-0.4, -0.2) is 76.0 Å². The molecule has 0 aliphatic carbocycles. The van der Waals surface area contributed by atoms with Gasteiger partial charge in [0.25, 0.3) is 5.91 Å². The Bertz CT molecular complexity index is 744. The quantitative estimate of drug-likeness (QED) is 0.807. The van der Waals surface area contributed by atoms with Crippen LogP contribution in [0.2, 0.25) is 0 Å². The highest BCUT2D eigenvalue weighted by Crippen LogP contribution is 2.23. The van der Waals surface area contributed by atoms with E-state index < -0.39 is 10.0 Å². The van der Waals surface area contributed by atoms with E-state index in [0.29, 0.717) is 37.4 Å². The smallest absolute Gasteiger partial charge is 0.253 e. The maximum atomic E-state index is 12.9. The lowest BCUT2D eigenvalue weighted by molar-refractivity contribution is 0.0728. The van der Waals surface area contributed by atoms with Gasteiger partial charge in [-0.05, 0) is 37.6 Å². The molecule has 1 amide bonds. The number of hydrogen-bond acceptors (Lipinski definition) is 5. The molecule has 1 unspecified atom stereocenters. The van der Waals surface area contributed by atoms with Crippen molar-refractivity contribution in [3.05, 3.63) is 29.3 Å². The highest BCUT2D eigenvalue weighted by molar-refractivity contribution is 7.89. The molecule has 1 atom stereocenters. The summed E-state index contributed by atoms with van der Waals surface area (Å²) >= 11 is 0. The highest BCUT2D eigenvalue weighted by atomic mass is 35.5. The van der Waals surface area contributed by atoms with Crippen molar-refractivity contribution >= 4 is 28.3 Å². The van der Waals surface area contributed by atoms with Gasteiger partial charge >= 0.3 is 0 Å². The molecule has 146 valence electrons. The average Bonchev–Trinajstić information content (AvgIpc) is 3.16. The fraction of sp³-hybridized carbons (Fsp3) is 0.588. The summed E-state index contributed by atoms with van der Waals surface area (Å²) in [5.74, 6) is -0.146. The van der Waals surface area contributed by atoms with Gasteiger partial charge in [-0.25, -0.2) is 8.42 Å². The van der Waals surface area contributed by atoms with Crippen LogP contribution in [0.1, 0.15) is 22.3 Å². The number of benzene rings is 1. The predicted molar refractivity (Wildman–Crippen MR) is 101 cm³/mol. The molecule has 1 aromatic carbocycles. The van der Waals surface area contributed by atoms with Gasteiger partial charge in [0.15, 0.2) is 0 Å². The number of nitrogens with zero attached hydrogens (tertiary/aromatic N) is 2. The number of rotatable bonds is 4. The third-order valence-corrected chi connectivity index (χ3v) is 6.97. The van der Waals surface area contributed by atoms with Crippen molar-refractivity contribution in [3.63, 3.8) is 0 Å². The lowest BCUT2D eigenvalue weighted by atomic mass is 10.1. The predicted octanol–water partition coefficient (Wildman–Crippen LogP) is 0.872. The summed E-state index contributed by atoms with van der Waals surface area (Å²) in [4.78, 5) is 14.7. The van der Waals surface area contributed by atoms with E-state index in [4.69, 9.17) is 4.74 Å². The fourth-order valence-electron chi connectivity index (χ4n) is 3.28. The SMILES string of the molecule is Cc1ccc(C(=O)N(C)C2CCNC2)cc1S(=O)(=O)N1CCOCC1.Cl. The summed E-state index contributed by atoms with van der Waals surface area (Å²) in [5.41, 5.74) is 1.06. The largest absolute Gasteiger partial charge is 0.379 e. The number of morpholine rings is 1. The van der Waals surface area contributed by atoms with Crippen LogP contribution in [-0.2, 0) is 14.8 Å². The number of carbonyl (C=O) groups excluding carboxylic acids is 1. The van der Waals surface area contributed by atoms with E-state index in [2.05, 4.69) is 5.32 Å². The molecular weight excluding hydrogens is 378 g/mol. The number of sulfonamides is 1. The second kappa shape index (κ2) is 8.67. The molecular formula is C17H26ClN3O4S. The second-order valence-electron chi connectivity index (χ2n) is 6.56. The van der Waals surface area contributed by atoms with Crippen LogP contribution in [0.25, 0.3) is 0 Å². The number of ether oxygens (including phenoxy) is 1. The molecule has 2 aliphatic rings. The molecule has 2 saturated heterocycles. The van der Waals surface area contributed by atoms with Gasteiger partial charge in [-0.1, -0.05) is 6.07 Å². The van der Waals surface area contributed by atoms with E-state index in [1.165, 1.54) is 10.4 Å². The number of hydrogen-bond donors (Lipinski definition) is 1. The summed E-state index contributed by atoms with van der Waals surface area (Å²) in [5, 5.41) is 3.24. The Morgan fingerprint density at radius 2 is 2.00 bits per heavy atom. The monoisotopic (exact) mass is 403 g/mol. The van der Waals surface area contributed by atoms with E-state index in [0.717, 1.165) is 19.5 Å². The summed E-state index contributed by atoms with van der Waals surface area (Å²) in [6.07, 6.45) is 0.910. The van der Waals surface area contributed by atoms with Gasteiger partial charge in [0, 0.05) is 38.3 Å². The van der Waals surface area contributed by atoms with Crippen LogP contribution in [0.15, 0.2) is 23.1 Å². The molecule has 1 N–H and O–H groups in total. The third-order valence-electron chi connectivity index (χ3n) is 4.93. The zero-order valence-electron chi connectivity index (χ0n) is 15.1.